The van der Waals surface area contributed by atoms with Gasteiger partial charge in [-0.05, 0) is 24.5 Å². The normalized spacial score (nSPS) is 22.5. The van der Waals surface area contributed by atoms with E-state index in [0.29, 0.717) is 23.9 Å². The number of carbonyl (C=O) groups excluding carboxylic acids is 1. The third-order valence-corrected chi connectivity index (χ3v) is 3.94. The lowest BCUT2D eigenvalue weighted by molar-refractivity contribution is -0.384. The molecule has 0 aromatic heterocycles. The summed E-state index contributed by atoms with van der Waals surface area (Å²) in [7, 11) is 0. The van der Waals surface area contributed by atoms with E-state index in [1.807, 2.05) is 0 Å². The van der Waals surface area contributed by atoms with E-state index < -0.39 is 4.92 Å². The predicted molar refractivity (Wildman–Crippen MR) is 72.4 cm³/mol. The first-order valence-electron chi connectivity index (χ1n) is 6.16. The van der Waals surface area contributed by atoms with Crippen LogP contribution in [0.3, 0.4) is 0 Å². The van der Waals surface area contributed by atoms with Gasteiger partial charge in [-0.15, -0.1) is 11.6 Å². The zero-order chi connectivity index (χ0) is 14.0. The number of halogens is 1. The van der Waals surface area contributed by atoms with Crippen molar-refractivity contribution in [1.82, 2.24) is 4.90 Å². The van der Waals surface area contributed by atoms with Crippen LogP contribution in [0.2, 0.25) is 0 Å². The van der Waals surface area contributed by atoms with Gasteiger partial charge in [-0.25, -0.2) is 0 Å². The number of nitro benzene ring substituents is 1. The Hall–Kier alpha value is -1.62. The van der Waals surface area contributed by atoms with Crippen LogP contribution in [-0.2, 0) is 0 Å². The van der Waals surface area contributed by atoms with Crippen LogP contribution in [0.5, 0.6) is 0 Å². The fourth-order valence-corrected chi connectivity index (χ4v) is 2.86. The molecule has 0 bridgehead atoms. The van der Waals surface area contributed by atoms with Gasteiger partial charge in [0.2, 0.25) is 0 Å². The van der Waals surface area contributed by atoms with Crippen molar-refractivity contribution in [2.45, 2.75) is 19.4 Å². The molecule has 2 atom stereocenters. The first-order valence-corrected chi connectivity index (χ1v) is 6.69. The first kappa shape index (κ1) is 13.8. The van der Waals surface area contributed by atoms with E-state index in [1.54, 1.807) is 4.90 Å². The molecule has 2 unspecified atom stereocenters. The molecular weight excluding hydrogens is 268 g/mol. The Morgan fingerprint density at radius 1 is 1.47 bits per heavy atom. The molecule has 0 aliphatic carbocycles. The molecule has 0 spiro atoms. The van der Waals surface area contributed by atoms with E-state index in [9.17, 15) is 14.9 Å². The smallest absolute Gasteiger partial charge is 0.269 e. The minimum atomic E-state index is -0.478. The minimum absolute atomic E-state index is 0.0137. The van der Waals surface area contributed by atoms with Gasteiger partial charge in [-0.2, -0.15) is 0 Å². The van der Waals surface area contributed by atoms with Crippen LogP contribution in [0.1, 0.15) is 23.7 Å². The van der Waals surface area contributed by atoms with Gasteiger partial charge in [0.15, 0.2) is 0 Å². The SMILES string of the molecule is CC1CCN(C(=O)c2ccc([N+](=O)[O-])cc2)C1CCl. The molecule has 19 heavy (non-hydrogen) atoms. The average Bonchev–Trinajstić information content (AvgIpc) is 2.79. The third kappa shape index (κ3) is 2.71. The molecule has 6 heteroatoms. The Kier molecular flexibility index (Phi) is 4.04. The number of nitrogens with zero attached hydrogens (tertiary/aromatic N) is 2. The monoisotopic (exact) mass is 282 g/mol. The number of non-ortho nitro benzene ring substituents is 1. The quantitative estimate of drug-likeness (QED) is 0.486. The fraction of sp³-hybridized carbons (Fsp3) is 0.462. The lowest BCUT2D eigenvalue weighted by Crippen LogP contribution is -2.38. The molecular formula is C13H15ClN2O3. The van der Waals surface area contributed by atoms with E-state index in [1.165, 1.54) is 24.3 Å². The van der Waals surface area contributed by atoms with Crippen LogP contribution in [0.25, 0.3) is 0 Å². The summed E-state index contributed by atoms with van der Waals surface area (Å²) in [6.07, 6.45) is 0.941. The maximum absolute atomic E-state index is 12.3. The molecule has 1 fully saturated rings. The maximum atomic E-state index is 12.3. The molecule has 5 nitrogen and oxygen atoms in total. The zero-order valence-corrected chi connectivity index (χ0v) is 11.3. The number of carbonyl (C=O) groups is 1. The molecule has 1 aliphatic rings. The summed E-state index contributed by atoms with van der Waals surface area (Å²) in [5.41, 5.74) is 0.454. The third-order valence-electron chi connectivity index (χ3n) is 3.63. The van der Waals surface area contributed by atoms with Crippen molar-refractivity contribution >= 4 is 23.2 Å². The average molecular weight is 283 g/mol. The molecule has 1 heterocycles. The lowest BCUT2D eigenvalue weighted by atomic mass is 10.0. The molecule has 1 amide bonds. The highest BCUT2D eigenvalue weighted by Gasteiger charge is 2.34. The fourth-order valence-electron chi connectivity index (χ4n) is 2.39. The van der Waals surface area contributed by atoms with Crippen molar-refractivity contribution < 1.29 is 9.72 Å². The highest BCUT2D eigenvalue weighted by atomic mass is 35.5. The van der Waals surface area contributed by atoms with Crippen LogP contribution in [0, 0.1) is 16.0 Å². The van der Waals surface area contributed by atoms with Gasteiger partial charge in [0, 0.05) is 36.2 Å². The second-order valence-corrected chi connectivity index (χ2v) is 5.10. The molecule has 2 rings (SSSR count). The molecule has 0 N–H and O–H groups in total. The van der Waals surface area contributed by atoms with E-state index >= 15 is 0 Å². The van der Waals surface area contributed by atoms with Crippen molar-refractivity contribution in [1.29, 1.82) is 0 Å². The molecule has 102 valence electrons. The Morgan fingerprint density at radius 2 is 2.11 bits per heavy atom. The number of nitro groups is 1. The Morgan fingerprint density at radius 3 is 2.63 bits per heavy atom. The number of rotatable bonds is 3. The van der Waals surface area contributed by atoms with Gasteiger partial charge in [-0.1, -0.05) is 6.92 Å². The van der Waals surface area contributed by atoms with Gasteiger partial charge in [0.05, 0.1) is 4.92 Å². The van der Waals surface area contributed by atoms with E-state index in [4.69, 9.17) is 11.6 Å². The number of hydrogen-bond donors (Lipinski definition) is 0. The number of alkyl halides is 1. The minimum Gasteiger partial charge on any atom is -0.334 e. The highest BCUT2D eigenvalue weighted by Crippen LogP contribution is 2.26. The summed E-state index contributed by atoms with van der Waals surface area (Å²) in [6.45, 7) is 2.77. The predicted octanol–water partition coefficient (Wildman–Crippen LogP) is 2.68. The highest BCUT2D eigenvalue weighted by molar-refractivity contribution is 6.18. The van der Waals surface area contributed by atoms with Crippen LogP contribution >= 0.6 is 11.6 Å². The topological polar surface area (TPSA) is 63.5 Å². The van der Waals surface area contributed by atoms with Gasteiger partial charge >= 0.3 is 0 Å². The zero-order valence-electron chi connectivity index (χ0n) is 10.6. The van der Waals surface area contributed by atoms with Crippen LogP contribution < -0.4 is 0 Å². The van der Waals surface area contributed by atoms with Gasteiger partial charge < -0.3 is 4.90 Å². The summed E-state index contributed by atoms with van der Waals surface area (Å²) < 4.78 is 0. The largest absolute Gasteiger partial charge is 0.334 e. The van der Waals surface area contributed by atoms with E-state index in [0.717, 1.165) is 6.42 Å². The number of benzene rings is 1. The Labute approximate surface area is 116 Å². The molecule has 1 aromatic carbocycles. The van der Waals surface area contributed by atoms with Crippen LogP contribution in [-0.4, -0.2) is 34.2 Å². The number of likely N-dealkylation sites (tertiary alicyclic amines) is 1. The lowest BCUT2D eigenvalue weighted by Gasteiger charge is -2.25. The van der Waals surface area contributed by atoms with Crippen molar-refractivity contribution in [3.8, 4) is 0 Å². The summed E-state index contributed by atoms with van der Waals surface area (Å²) in [5.74, 6) is 0.698. The maximum Gasteiger partial charge on any atom is 0.269 e. The molecule has 1 aliphatic heterocycles. The van der Waals surface area contributed by atoms with Gasteiger partial charge in [0.25, 0.3) is 11.6 Å². The van der Waals surface area contributed by atoms with Gasteiger partial charge in [0.1, 0.15) is 0 Å². The molecule has 1 saturated heterocycles. The van der Waals surface area contributed by atoms with Crippen LogP contribution in [0.4, 0.5) is 5.69 Å². The summed E-state index contributed by atoms with van der Waals surface area (Å²) >= 11 is 5.91. The second kappa shape index (κ2) is 5.57. The van der Waals surface area contributed by atoms with Crippen molar-refractivity contribution in [3.05, 3.63) is 39.9 Å². The molecule has 1 aromatic rings. The van der Waals surface area contributed by atoms with Gasteiger partial charge in [-0.3, -0.25) is 14.9 Å². The van der Waals surface area contributed by atoms with Crippen molar-refractivity contribution in [2.24, 2.45) is 5.92 Å². The number of hydrogen-bond acceptors (Lipinski definition) is 3. The summed E-state index contributed by atoms with van der Waals surface area (Å²) in [5, 5.41) is 10.6. The van der Waals surface area contributed by atoms with Crippen molar-refractivity contribution in [2.75, 3.05) is 12.4 Å². The Balaban J connectivity index is 2.17. The Bertz CT molecular complexity index is 489. The summed E-state index contributed by atoms with van der Waals surface area (Å²) in [6, 6.07) is 5.73. The molecule has 0 saturated carbocycles. The standard InChI is InChI=1S/C13H15ClN2O3/c1-9-6-7-15(12(9)8-14)13(17)10-2-4-11(5-3-10)16(18)19/h2-5,9,12H,6-8H2,1H3. The number of amides is 1. The molecule has 0 radical (unpaired) electrons. The van der Waals surface area contributed by atoms with Crippen LogP contribution in [0.15, 0.2) is 24.3 Å². The van der Waals surface area contributed by atoms with E-state index in [-0.39, 0.29) is 17.6 Å². The first-order chi connectivity index (χ1) is 9.04. The van der Waals surface area contributed by atoms with Crippen molar-refractivity contribution in [3.63, 3.8) is 0 Å². The second-order valence-electron chi connectivity index (χ2n) is 4.79. The summed E-state index contributed by atoms with van der Waals surface area (Å²) in [4.78, 5) is 24.2. The van der Waals surface area contributed by atoms with E-state index in [2.05, 4.69) is 6.92 Å².